The highest BCUT2D eigenvalue weighted by Crippen LogP contribution is 2.24. The number of nitrogens with zero attached hydrogens (tertiary/aromatic N) is 2. The van der Waals surface area contributed by atoms with Crippen molar-refractivity contribution in [1.29, 1.82) is 0 Å². The normalized spacial score (nSPS) is 20.8. The molecule has 0 N–H and O–H groups in total. The Balaban J connectivity index is 1.43. The quantitative estimate of drug-likeness (QED) is 0.701. The van der Waals surface area contributed by atoms with E-state index < -0.39 is 0 Å². The highest BCUT2D eigenvalue weighted by Gasteiger charge is 2.28. The van der Waals surface area contributed by atoms with Gasteiger partial charge < -0.3 is 14.5 Å². The van der Waals surface area contributed by atoms with E-state index in [2.05, 4.69) is 9.80 Å². The van der Waals surface area contributed by atoms with Gasteiger partial charge in [-0.2, -0.15) is 11.8 Å². The molecule has 0 bridgehead atoms. The Bertz CT molecular complexity index is 775. The lowest BCUT2D eigenvalue weighted by Crippen LogP contribution is -2.49. The molecular weight excluding hydrogens is 380 g/mol. The Labute approximate surface area is 178 Å². The number of piperidine rings is 1. The van der Waals surface area contributed by atoms with Crippen molar-refractivity contribution in [3.8, 4) is 11.5 Å². The number of likely N-dealkylation sites (tertiary alicyclic amines) is 1. The molecule has 2 fully saturated rings. The van der Waals surface area contributed by atoms with Crippen LogP contribution in [0.2, 0.25) is 0 Å². The Morgan fingerprint density at radius 2 is 1.62 bits per heavy atom. The maximum Gasteiger partial charge on any atom is 0.254 e. The van der Waals surface area contributed by atoms with E-state index in [1.807, 2.05) is 66.4 Å². The molecule has 0 spiro atoms. The van der Waals surface area contributed by atoms with Crippen molar-refractivity contribution >= 4 is 17.7 Å². The highest BCUT2D eigenvalue weighted by atomic mass is 32.2. The number of ether oxygens (including phenoxy) is 1. The molecule has 29 heavy (non-hydrogen) atoms. The second kappa shape index (κ2) is 10.2. The summed E-state index contributed by atoms with van der Waals surface area (Å²) in [4.78, 5) is 18.0. The van der Waals surface area contributed by atoms with E-state index in [0.29, 0.717) is 6.04 Å². The highest BCUT2D eigenvalue weighted by molar-refractivity contribution is 7.99. The zero-order valence-corrected chi connectivity index (χ0v) is 17.8. The summed E-state index contributed by atoms with van der Waals surface area (Å²) < 4.78 is 5.87. The van der Waals surface area contributed by atoms with Crippen LogP contribution in [0.15, 0.2) is 54.6 Å². The zero-order chi connectivity index (χ0) is 19.9. The molecule has 2 heterocycles. The molecule has 4 rings (SSSR count). The van der Waals surface area contributed by atoms with Crippen LogP contribution >= 0.6 is 11.8 Å². The minimum absolute atomic E-state index is 0.153. The van der Waals surface area contributed by atoms with Crippen LogP contribution in [0.25, 0.3) is 0 Å². The minimum atomic E-state index is 0.153. The van der Waals surface area contributed by atoms with Gasteiger partial charge in [-0.3, -0.25) is 4.79 Å². The predicted octanol–water partition coefficient (Wildman–Crippen LogP) is 4.91. The lowest BCUT2D eigenvalue weighted by Gasteiger charge is -2.35. The van der Waals surface area contributed by atoms with Gasteiger partial charge >= 0.3 is 0 Å². The summed E-state index contributed by atoms with van der Waals surface area (Å²) in [5, 5.41) is 0. The fourth-order valence-corrected chi connectivity index (χ4v) is 5.20. The Morgan fingerprint density at radius 1 is 0.897 bits per heavy atom. The molecule has 0 aliphatic carbocycles. The van der Waals surface area contributed by atoms with Gasteiger partial charge in [-0.1, -0.05) is 24.6 Å². The number of carbonyl (C=O) groups excluding carboxylic acids is 1. The lowest BCUT2D eigenvalue weighted by atomic mass is 10.1. The summed E-state index contributed by atoms with van der Waals surface area (Å²) in [7, 11) is 0. The summed E-state index contributed by atoms with van der Waals surface area (Å²) in [5.41, 5.74) is 0.751. The van der Waals surface area contributed by atoms with Crippen LogP contribution in [0.4, 0.5) is 0 Å². The van der Waals surface area contributed by atoms with Crippen LogP contribution in [0.1, 0.15) is 36.0 Å². The third-order valence-corrected chi connectivity index (χ3v) is 6.90. The third-order valence-electron chi connectivity index (χ3n) is 5.70. The van der Waals surface area contributed by atoms with Crippen molar-refractivity contribution < 1.29 is 9.53 Å². The number of carbonyl (C=O) groups is 1. The van der Waals surface area contributed by atoms with Crippen molar-refractivity contribution in [2.45, 2.75) is 31.7 Å². The molecule has 1 atom stereocenters. The monoisotopic (exact) mass is 410 g/mol. The van der Waals surface area contributed by atoms with E-state index in [4.69, 9.17) is 4.74 Å². The first-order valence-corrected chi connectivity index (χ1v) is 11.9. The Hall–Kier alpha value is -1.98. The molecule has 2 saturated heterocycles. The predicted molar refractivity (Wildman–Crippen MR) is 120 cm³/mol. The van der Waals surface area contributed by atoms with Gasteiger partial charge in [0.25, 0.3) is 5.91 Å². The van der Waals surface area contributed by atoms with Crippen LogP contribution in [0.3, 0.4) is 0 Å². The molecule has 2 aliphatic heterocycles. The molecule has 5 heteroatoms. The second-order valence-corrected chi connectivity index (χ2v) is 9.03. The van der Waals surface area contributed by atoms with Crippen molar-refractivity contribution in [3.63, 3.8) is 0 Å². The summed E-state index contributed by atoms with van der Waals surface area (Å²) in [5.74, 6) is 3.89. The van der Waals surface area contributed by atoms with Crippen molar-refractivity contribution in [2.24, 2.45) is 0 Å². The number of para-hydroxylation sites is 1. The number of hydrogen-bond donors (Lipinski definition) is 0. The average Bonchev–Trinajstić information content (AvgIpc) is 3.01. The van der Waals surface area contributed by atoms with Crippen molar-refractivity contribution in [3.05, 3.63) is 60.2 Å². The van der Waals surface area contributed by atoms with E-state index in [-0.39, 0.29) is 5.91 Å². The standard InChI is InChI=1S/C24H30N2O2S/c27-24(20-10-12-23(13-11-20)28-22-8-3-1-4-9-22)26-16-7-17-29-19-21(26)18-25-14-5-2-6-15-25/h1,3-4,8-13,21H,2,5-7,14-19H2. The van der Waals surface area contributed by atoms with Gasteiger partial charge in [-0.15, -0.1) is 0 Å². The van der Waals surface area contributed by atoms with Gasteiger partial charge in [0.15, 0.2) is 0 Å². The molecular formula is C24H30N2O2S. The van der Waals surface area contributed by atoms with Gasteiger partial charge in [0.05, 0.1) is 6.04 Å². The first-order valence-electron chi connectivity index (χ1n) is 10.7. The molecule has 0 aromatic heterocycles. The van der Waals surface area contributed by atoms with Crippen LogP contribution in [0, 0.1) is 0 Å². The summed E-state index contributed by atoms with van der Waals surface area (Å²) in [6.45, 7) is 4.21. The minimum Gasteiger partial charge on any atom is -0.457 e. The zero-order valence-electron chi connectivity index (χ0n) is 17.0. The molecule has 2 aromatic rings. The number of rotatable bonds is 5. The van der Waals surface area contributed by atoms with Gasteiger partial charge in [0.2, 0.25) is 0 Å². The number of amides is 1. The van der Waals surface area contributed by atoms with E-state index in [1.54, 1.807) is 0 Å². The molecule has 0 radical (unpaired) electrons. The van der Waals surface area contributed by atoms with E-state index in [1.165, 1.54) is 32.4 Å². The molecule has 2 aromatic carbocycles. The fourth-order valence-electron chi connectivity index (χ4n) is 4.14. The third kappa shape index (κ3) is 5.55. The molecule has 4 nitrogen and oxygen atoms in total. The Morgan fingerprint density at radius 3 is 2.38 bits per heavy atom. The number of thioether (sulfide) groups is 1. The maximum atomic E-state index is 13.3. The largest absolute Gasteiger partial charge is 0.457 e. The first-order chi connectivity index (χ1) is 14.3. The fraction of sp³-hybridized carbons (Fsp3) is 0.458. The second-order valence-electron chi connectivity index (χ2n) is 7.88. The van der Waals surface area contributed by atoms with Crippen molar-refractivity contribution in [2.75, 3.05) is 37.7 Å². The van der Waals surface area contributed by atoms with Crippen LogP contribution < -0.4 is 4.74 Å². The summed E-state index contributed by atoms with van der Waals surface area (Å²) in [6, 6.07) is 17.6. The van der Waals surface area contributed by atoms with Crippen LogP contribution in [-0.2, 0) is 0 Å². The first kappa shape index (κ1) is 20.3. The summed E-state index contributed by atoms with van der Waals surface area (Å²) >= 11 is 1.99. The number of benzene rings is 2. The van der Waals surface area contributed by atoms with Gasteiger partial charge in [0.1, 0.15) is 11.5 Å². The molecule has 2 aliphatic rings. The lowest BCUT2D eigenvalue weighted by molar-refractivity contribution is 0.0645. The SMILES string of the molecule is O=C(c1ccc(Oc2ccccc2)cc1)N1CCCSCC1CN1CCCCC1. The number of hydrogen-bond acceptors (Lipinski definition) is 4. The van der Waals surface area contributed by atoms with Gasteiger partial charge in [0, 0.05) is 24.4 Å². The molecule has 1 amide bonds. The molecule has 1 unspecified atom stereocenters. The maximum absolute atomic E-state index is 13.3. The Kier molecular flexibility index (Phi) is 7.12. The smallest absolute Gasteiger partial charge is 0.254 e. The van der Waals surface area contributed by atoms with Crippen LogP contribution in [-0.4, -0.2) is 59.4 Å². The topological polar surface area (TPSA) is 32.8 Å². The van der Waals surface area contributed by atoms with E-state index in [9.17, 15) is 4.79 Å². The van der Waals surface area contributed by atoms with Gasteiger partial charge in [-0.25, -0.2) is 0 Å². The van der Waals surface area contributed by atoms with E-state index in [0.717, 1.165) is 48.1 Å². The molecule has 154 valence electrons. The molecule has 0 saturated carbocycles. The van der Waals surface area contributed by atoms with Gasteiger partial charge in [-0.05, 0) is 74.5 Å². The summed E-state index contributed by atoms with van der Waals surface area (Å²) in [6.07, 6.45) is 4.99. The average molecular weight is 411 g/mol. The van der Waals surface area contributed by atoms with Crippen LogP contribution in [0.5, 0.6) is 11.5 Å². The van der Waals surface area contributed by atoms with E-state index >= 15 is 0 Å². The van der Waals surface area contributed by atoms with Crippen molar-refractivity contribution in [1.82, 2.24) is 9.80 Å².